The Bertz CT molecular complexity index is 274. The van der Waals surface area contributed by atoms with Crippen molar-refractivity contribution < 1.29 is 0 Å². The molecule has 92 valence electrons. The molecule has 3 N–H and O–H groups in total. The maximum atomic E-state index is 8.81. The van der Waals surface area contributed by atoms with Crippen LogP contribution in [0.15, 0.2) is 4.99 Å². The average Bonchev–Trinajstić information content (AvgIpc) is 2.68. The van der Waals surface area contributed by atoms with Gasteiger partial charge in [-0.05, 0) is 26.7 Å². The molecule has 0 bridgehead atoms. The molecule has 0 radical (unpaired) electrons. The van der Waals surface area contributed by atoms with E-state index >= 15 is 0 Å². The summed E-state index contributed by atoms with van der Waals surface area (Å²) < 4.78 is 0. The predicted molar refractivity (Wildman–Crippen MR) is 76.7 cm³/mol. The van der Waals surface area contributed by atoms with E-state index in [0.717, 1.165) is 0 Å². The van der Waals surface area contributed by atoms with Crippen molar-refractivity contribution in [1.82, 2.24) is 5.32 Å². The van der Waals surface area contributed by atoms with E-state index in [-0.39, 0.29) is 24.0 Å². The predicted octanol–water partition coefficient (Wildman–Crippen LogP) is 2.00. The van der Waals surface area contributed by atoms with Crippen molar-refractivity contribution in [3.8, 4) is 6.07 Å². The van der Waals surface area contributed by atoms with E-state index < -0.39 is 5.41 Å². The normalized spacial score (nSPS) is 17.7. The van der Waals surface area contributed by atoms with Crippen molar-refractivity contribution in [1.29, 1.82) is 5.26 Å². The molecule has 0 spiro atoms. The van der Waals surface area contributed by atoms with Gasteiger partial charge in [0.05, 0.1) is 18.0 Å². The van der Waals surface area contributed by atoms with Crippen molar-refractivity contribution >= 4 is 29.9 Å². The Hall–Kier alpha value is -0.510. The van der Waals surface area contributed by atoms with Crippen molar-refractivity contribution in [2.75, 3.05) is 6.54 Å². The van der Waals surface area contributed by atoms with Crippen molar-refractivity contribution in [3.63, 3.8) is 0 Å². The summed E-state index contributed by atoms with van der Waals surface area (Å²) in [5.74, 6) is 0.477. The van der Waals surface area contributed by atoms with Gasteiger partial charge in [0, 0.05) is 6.04 Å². The molecule has 0 aromatic rings. The smallest absolute Gasteiger partial charge is 0.188 e. The fourth-order valence-corrected chi connectivity index (χ4v) is 1.64. The van der Waals surface area contributed by atoms with Crippen molar-refractivity contribution in [2.24, 2.45) is 16.1 Å². The van der Waals surface area contributed by atoms with Crippen LogP contribution in [0.1, 0.15) is 39.5 Å². The first-order valence-electron chi connectivity index (χ1n) is 5.51. The lowest BCUT2D eigenvalue weighted by molar-refractivity contribution is 0.509. The van der Waals surface area contributed by atoms with Gasteiger partial charge >= 0.3 is 0 Å². The van der Waals surface area contributed by atoms with Gasteiger partial charge in [-0.1, -0.05) is 12.8 Å². The van der Waals surface area contributed by atoms with Crippen LogP contribution in [0, 0.1) is 16.7 Å². The van der Waals surface area contributed by atoms with Gasteiger partial charge in [0.1, 0.15) is 0 Å². The van der Waals surface area contributed by atoms with Crippen molar-refractivity contribution in [3.05, 3.63) is 0 Å². The molecule has 0 unspecified atom stereocenters. The molecule has 0 aliphatic heterocycles. The highest BCUT2D eigenvalue weighted by atomic mass is 127. The first-order chi connectivity index (χ1) is 7.03. The number of guanidine groups is 1. The third kappa shape index (κ3) is 5.54. The Balaban J connectivity index is 0.00000225. The summed E-state index contributed by atoms with van der Waals surface area (Å²) >= 11 is 0. The molecule has 0 aromatic heterocycles. The summed E-state index contributed by atoms with van der Waals surface area (Å²) in [4.78, 5) is 4.19. The molecule has 1 aliphatic carbocycles. The summed E-state index contributed by atoms with van der Waals surface area (Å²) in [6, 6.07) is 2.69. The summed E-state index contributed by atoms with van der Waals surface area (Å²) in [5.41, 5.74) is 5.32. The average molecular weight is 336 g/mol. The first kappa shape index (κ1) is 15.5. The van der Waals surface area contributed by atoms with Crippen LogP contribution >= 0.6 is 24.0 Å². The number of nitrogens with zero attached hydrogens (tertiary/aromatic N) is 2. The van der Waals surface area contributed by atoms with E-state index in [1.165, 1.54) is 25.7 Å². The van der Waals surface area contributed by atoms with Crippen LogP contribution in [0.2, 0.25) is 0 Å². The molecule has 0 aromatic carbocycles. The Morgan fingerprint density at radius 2 is 2.06 bits per heavy atom. The highest BCUT2D eigenvalue weighted by Gasteiger charge is 2.17. The Labute approximate surface area is 115 Å². The van der Waals surface area contributed by atoms with Gasteiger partial charge in [-0.2, -0.15) is 5.26 Å². The topological polar surface area (TPSA) is 74.2 Å². The fraction of sp³-hybridized carbons (Fsp3) is 0.818. The lowest BCUT2D eigenvalue weighted by atomic mass is 9.96. The summed E-state index contributed by atoms with van der Waals surface area (Å²) in [5, 5.41) is 12.0. The Morgan fingerprint density at radius 1 is 1.50 bits per heavy atom. The molecule has 0 atom stereocenters. The molecule has 4 nitrogen and oxygen atoms in total. The van der Waals surface area contributed by atoms with Crippen LogP contribution in [0.5, 0.6) is 0 Å². The van der Waals surface area contributed by atoms with Gasteiger partial charge in [-0.25, -0.2) is 0 Å². The number of hydrogen-bond donors (Lipinski definition) is 2. The van der Waals surface area contributed by atoms with Crippen LogP contribution in [-0.4, -0.2) is 18.5 Å². The summed E-state index contributed by atoms with van der Waals surface area (Å²) in [6.45, 7) is 4.17. The summed E-state index contributed by atoms with van der Waals surface area (Å²) in [7, 11) is 0. The second-order valence-corrected chi connectivity index (χ2v) is 4.82. The first-order valence-corrected chi connectivity index (χ1v) is 5.51. The molecule has 1 rings (SSSR count). The van der Waals surface area contributed by atoms with Gasteiger partial charge in [-0.15, -0.1) is 24.0 Å². The fourth-order valence-electron chi connectivity index (χ4n) is 1.64. The van der Waals surface area contributed by atoms with Crippen LogP contribution in [0.4, 0.5) is 0 Å². The lowest BCUT2D eigenvalue weighted by Crippen LogP contribution is -2.39. The number of aliphatic imine (C=N–C) groups is 1. The molecule has 1 fully saturated rings. The quantitative estimate of drug-likeness (QED) is 0.470. The number of nitrogens with two attached hydrogens (primary N) is 1. The molecule has 1 saturated carbocycles. The number of nitrogens with one attached hydrogen (secondary N) is 1. The van der Waals surface area contributed by atoms with Gasteiger partial charge in [0.15, 0.2) is 5.96 Å². The van der Waals surface area contributed by atoms with Crippen LogP contribution in [0.25, 0.3) is 0 Å². The Kier molecular flexibility index (Phi) is 6.72. The number of hydrogen-bond acceptors (Lipinski definition) is 2. The standard InChI is InChI=1S/C11H20N4.HI/c1-11(2,7-12)8-14-10(13)15-9-5-3-4-6-9;/h9H,3-6,8H2,1-2H3,(H3,13,14,15);1H. The SMILES string of the molecule is CC(C)(C#N)CN=C(N)NC1CCCC1.I. The zero-order valence-electron chi connectivity index (χ0n) is 9.99. The second kappa shape index (κ2) is 6.94. The minimum absolute atomic E-state index is 0. The van der Waals surface area contributed by atoms with E-state index in [1.807, 2.05) is 13.8 Å². The minimum Gasteiger partial charge on any atom is -0.370 e. The minimum atomic E-state index is -0.429. The van der Waals surface area contributed by atoms with Crippen LogP contribution in [-0.2, 0) is 0 Å². The molecule has 16 heavy (non-hydrogen) atoms. The van der Waals surface area contributed by atoms with E-state index in [0.29, 0.717) is 18.5 Å². The molecule has 0 heterocycles. The van der Waals surface area contributed by atoms with Crippen LogP contribution < -0.4 is 11.1 Å². The van der Waals surface area contributed by atoms with Gasteiger partial charge < -0.3 is 11.1 Å². The molecular formula is C11H21IN4. The maximum absolute atomic E-state index is 8.81. The second-order valence-electron chi connectivity index (χ2n) is 4.82. The van der Waals surface area contributed by atoms with E-state index in [4.69, 9.17) is 11.0 Å². The van der Waals surface area contributed by atoms with Gasteiger partial charge in [-0.3, -0.25) is 4.99 Å². The summed E-state index contributed by atoms with van der Waals surface area (Å²) in [6.07, 6.45) is 4.90. The molecular weight excluding hydrogens is 315 g/mol. The van der Waals surface area contributed by atoms with E-state index in [9.17, 15) is 0 Å². The van der Waals surface area contributed by atoms with Crippen LogP contribution in [0.3, 0.4) is 0 Å². The molecule has 0 saturated heterocycles. The van der Waals surface area contributed by atoms with Crippen molar-refractivity contribution in [2.45, 2.75) is 45.6 Å². The Morgan fingerprint density at radius 3 is 2.56 bits per heavy atom. The lowest BCUT2D eigenvalue weighted by Gasteiger charge is -2.15. The number of rotatable bonds is 3. The van der Waals surface area contributed by atoms with E-state index in [2.05, 4.69) is 16.4 Å². The third-order valence-corrected chi connectivity index (χ3v) is 2.65. The van der Waals surface area contributed by atoms with Gasteiger partial charge in [0.2, 0.25) is 0 Å². The largest absolute Gasteiger partial charge is 0.370 e. The third-order valence-electron chi connectivity index (χ3n) is 2.65. The monoisotopic (exact) mass is 336 g/mol. The highest BCUT2D eigenvalue weighted by Crippen LogP contribution is 2.17. The molecule has 0 amide bonds. The number of nitriles is 1. The molecule has 5 heteroatoms. The zero-order valence-corrected chi connectivity index (χ0v) is 12.3. The van der Waals surface area contributed by atoms with Gasteiger partial charge in [0.25, 0.3) is 0 Å². The number of halogens is 1. The zero-order chi connectivity index (χ0) is 11.3. The highest BCUT2D eigenvalue weighted by molar-refractivity contribution is 14.0. The maximum Gasteiger partial charge on any atom is 0.188 e. The van der Waals surface area contributed by atoms with E-state index in [1.54, 1.807) is 0 Å². The molecule has 1 aliphatic rings.